The van der Waals surface area contributed by atoms with Crippen LogP contribution >= 0.6 is 0 Å². The Kier molecular flexibility index (Phi) is 0.718. The van der Waals surface area contributed by atoms with Crippen molar-refractivity contribution in [2.24, 2.45) is 5.41 Å². The molecular formula is C7H9NO. The van der Waals surface area contributed by atoms with Crippen molar-refractivity contribution in [3.63, 3.8) is 0 Å². The fraction of sp³-hybridized carbons (Fsp3) is 0.714. The van der Waals surface area contributed by atoms with E-state index in [0.29, 0.717) is 17.5 Å². The molecule has 48 valence electrons. The normalized spacial score (nSPS) is 29.8. The van der Waals surface area contributed by atoms with Gasteiger partial charge in [0.05, 0.1) is 5.71 Å². The first-order chi connectivity index (χ1) is 4.22. The first kappa shape index (κ1) is 5.15. The second kappa shape index (κ2) is 1.25. The molecule has 0 aromatic rings. The highest BCUT2D eigenvalue weighted by Gasteiger charge is 2.50. The van der Waals surface area contributed by atoms with Crippen LogP contribution in [0.5, 0.6) is 0 Å². The number of hydrogen-bond donors (Lipinski definition) is 1. The van der Waals surface area contributed by atoms with Crippen molar-refractivity contribution < 1.29 is 4.79 Å². The lowest BCUT2D eigenvalue weighted by atomic mass is 10.1. The molecule has 0 amide bonds. The molecule has 9 heavy (non-hydrogen) atoms. The molecule has 2 nitrogen and oxygen atoms in total. The fourth-order valence-electron chi connectivity index (χ4n) is 1.51. The van der Waals surface area contributed by atoms with E-state index in [1.165, 1.54) is 12.8 Å². The summed E-state index contributed by atoms with van der Waals surface area (Å²) < 4.78 is 0. The average molecular weight is 123 g/mol. The van der Waals surface area contributed by atoms with Gasteiger partial charge in [0.2, 0.25) is 0 Å². The zero-order valence-electron chi connectivity index (χ0n) is 5.24. The molecule has 2 aliphatic rings. The smallest absolute Gasteiger partial charge is 0.176 e. The zero-order chi connectivity index (χ0) is 6.48. The molecule has 0 aliphatic heterocycles. The van der Waals surface area contributed by atoms with E-state index in [2.05, 4.69) is 0 Å². The van der Waals surface area contributed by atoms with Gasteiger partial charge in [-0.25, -0.2) is 0 Å². The summed E-state index contributed by atoms with van der Waals surface area (Å²) in [5.74, 6) is 0.0903. The van der Waals surface area contributed by atoms with Crippen molar-refractivity contribution >= 4 is 11.5 Å². The van der Waals surface area contributed by atoms with Crippen LogP contribution in [0.3, 0.4) is 0 Å². The summed E-state index contributed by atoms with van der Waals surface area (Å²) in [6.45, 7) is 0. The van der Waals surface area contributed by atoms with E-state index in [-0.39, 0.29) is 5.78 Å². The van der Waals surface area contributed by atoms with Gasteiger partial charge < -0.3 is 5.41 Å². The Hall–Kier alpha value is -0.660. The van der Waals surface area contributed by atoms with Gasteiger partial charge >= 0.3 is 0 Å². The van der Waals surface area contributed by atoms with Crippen molar-refractivity contribution in [2.75, 3.05) is 0 Å². The molecule has 0 radical (unpaired) electrons. The molecule has 0 aromatic heterocycles. The van der Waals surface area contributed by atoms with Crippen LogP contribution in [0.4, 0.5) is 0 Å². The van der Waals surface area contributed by atoms with Gasteiger partial charge in [0.25, 0.3) is 0 Å². The molecule has 0 aromatic carbocycles. The lowest BCUT2D eigenvalue weighted by Crippen LogP contribution is -2.00. The maximum Gasteiger partial charge on any atom is 0.176 e. The summed E-state index contributed by atoms with van der Waals surface area (Å²) in [6, 6.07) is 0. The summed E-state index contributed by atoms with van der Waals surface area (Å²) >= 11 is 0. The standard InChI is InChI=1S/C7H9NO/c8-5-3-7(1-2-7)4-6(5)9/h8H,1-4H2. The van der Waals surface area contributed by atoms with Gasteiger partial charge in [0.15, 0.2) is 5.78 Å². The predicted molar refractivity (Wildman–Crippen MR) is 33.6 cm³/mol. The van der Waals surface area contributed by atoms with E-state index in [0.717, 1.165) is 6.42 Å². The molecule has 2 aliphatic carbocycles. The van der Waals surface area contributed by atoms with Gasteiger partial charge in [-0.05, 0) is 24.7 Å². The quantitative estimate of drug-likeness (QED) is 0.515. The fourth-order valence-corrected chi connectivity index (χ4v) is 1.51. The Morgan fingerprint density at radius 1 is 1.33 bits per heavy atom. The second-order valence-corrected chi connectivity index (χ2v) is 3.26. The molecule has 2 heteroatoms. The highest BCUT2D eigenvalue weighted by molar-refractivity contribution is 6.41. The molecule has 2 rings (SSSR count). The third-order valence-corrected chi connectivity index (χ3v) is 2.38. The van der Waals surface area contributed by atoms with Crippen LogP contribution in [0.15, 0.2) is 0 Å². The maximum absolute atomic E-state index is 10.8. The second-order valence-electron chi connectivity index (χ2n) is 3.26. The third-order valence-electron chi connectivity index (χ3n) is 2.38. The lowest BCUT2D eigenvalue weighted by molar-refractivity contribution is -0.112. The average Bonchev–Trinajstić information content (AvgIpc) is 2.42. The van der Waals surface area contributed by atoms with Crippen molar-refractivity contribution in [3.05, 3.63) is 0 Å². The van der Waals surface area contributed by atoms with Crippen molar-refractivity contribution in [3.8, 4) is 0 Å². The topological polar surface area (TPSA) is 40.9 Å². The molecule has 0 unspecified atom stereocenters. The number of nitrogens with one attached hydrogen (secondary N) is 1. The first-order valence-corrected chi connectivity index (χ1v) is 3.33. The highest BCUT2D eigenvalue weighted by Crippen LogP contribution is 2.55. The van der Waals surface area contributed by atoms with Crippen molar-refractivity contribution in [1.29, 1.82) is 5.41 Å². The molecule has 0 heterocycles. The summed E-state index contributed by atoms with van der Waals surface area (Å²) in [4.78, 5) is 10.8. The Morgan fingerprint density at radius 3 is 2.22 bits per heavy atom. The minimum absolute atomic E-state index is 0.0903. The largest absolute Gasteiger partial charge is 0.302 e. The Balaban J connectivity index is 2.23. The molecule has 1 N–H and O–H groups in total. The van der Waals surface area contributed by atoms with Gasteiger partial charge in [0, 0.05) is 6.42 Å². The SMILES string of the molecule is N=C1CC2(CC2)CC1=O. The first-order valence-electron chi connectivity index (χ1n) is 3.33. The van der Waals surface area contributed by atoms with Crippen LogP contribution in [-0.4, -0.2) is 11.5 Å². The molecular weight excluding hydrogens is 114 g/mol. The van der Waals surface area contributed by atoms with E-state index in [1.54, 1.807) is 0 Å². The number of Topliss-reactive ketones (excluding diaryl/α,β-unsaturated/α-hetero) is 1. The lowest BCUT2D eigenvalue weighted by Gasteiger charge is -1.95. The summed E-state index contributed by atoms with van der Waals surface area (Å²) in [5, 5.41) is 7.20. The summed E-state index contributed by atoms with van der Waals surface area (Å²) in [7, 11) is 0. The number of hydrogen-bond acceptors (Lipinski definition) is 2. The Morgan fingerprint density at radius 2 is 2.00 bits per heavy atom. The van der Waals surface area contributed by atoms with Gasteiger partial charge in [-0.1, -0.05) is 0 Å². The van der Waals surface area contributed by atoms with Crippen LogP contribution in [0.1, 0.15) is 25.7 Å². The Labute approximate surface area is 53.8 Å². The zero-order valence-corrected chi connectivity index (χ0v) is 5.24. The molecule has 0 bridgehead atoms. The number of carbonyl (C=O) groups excluding carboxylic acids is 1. The van der Waals surface area contributed by atoms with E-state index in [4.69, 9.17) is 5.41 Å². The summed E-state index contributed by atoms with van der Waals surface area (Å²) in [5.41, 5.74) is 0.682. The molecule has 0 atom stereocenters. The molecule has 2 saturated carbocycles. The van der Waals surface area contributed by atoms with Crippen LogP contribution < -0.4 is 0 Å². The number of carbonyl (C=O) groups is 1. The van der Waals surface area contributed by atoms with Gasteiger partial charge in [0.1, 0.15) is 0 Å². The van der Waals surface area contributed by atoms with Crippen molar-refractivity contribution in [1.82, 2.24) is 0 Å². The van der Waals surface area contributed by atoms with E-state index < -0.39 is 0 Å². The van der Waals surface area contributed by atoms with Gasteiger partial charge in [-0.2, -0.15) is 0 Å². The minimum atomic E-state index is 0.0903. The van der Waals surface area contributed by atoms with E-state index in [1.807, 2.05) is 0 Å². The number of rotatable bonds is 0. The third kappa shape index (κ3) is 0.622. The van der Waals surface area contributed by atoms with Crippen LogP contribution in [-0.2, 0) is 4.79 Å². The highest BCUT2D eigenvalue weighted by atomic mass is 16.1. The monoisotopic (exact) mass is 123 g/mol. The van der Waals surface area contributed by atoms with Crippen LogP contribution in [0.25, 0.3) is 0 Å². The van der Waals surface area contributed by atoms with E-state index >= 15 is 0 Å². The number of ketones is 1. The van der Waals surface area contributed by atoms with E-state index in [9.17, 15) is 4.79 Å². The summed E-state index contributed by atoms with van der Waals surface area (Å²) in [6.07, 6.45) is 3.81. The van der Waals surface area contributed by atoms with Crippen LogP contribution in [0.2, 0.25) is 0 Å². The van der Waals surface area contributed by atoms with Gasteiger partial charge in [-0.15, -0.1) is 0 Å². The molecule has 1 spiro atoms. The van der Waals surface area contributed by atoms with Crippen molar-refractivity contribution in [2.45, 2.75) is 25.7 Å². The van der Waals surface area contributed by atoms with Gasteiger partial charge in [-0.3, -0.25) is 4.79 Å². The molecule has 2 fully saturated rings. The molecule has 0 saturated heterocycles. The Bertz CT molecular complexity index is 173. The predicted octanol–water partition coefficient (Wildman–Crippen LogP) is 1.15. The maximum atomic E-state index is 10.8. The minimum Gasteiger partial charge on any atom is -0.302 e. The van der Waals surface area contributed by atoms with Crippen LogP contribution in [0, 0.1) is 10.8 Å².